The molecular weight excluding hydrogens is 316 g/mol. The van der Waals surface area contributed by atoms with Crippen LogP contribution in [0.15, 0.2) is 10.6 Å². The third-order valence-corrected chi connectivity index (χ3v) is 4.58. The number of hydrogen-bond donors (Lipinski definition) is 1. The molecule has 0 saturated heterocycles. The highest BCUT2D eigenvalue weighted by atomic mass is 32.2. The van der Waals surface area contributed by atoms with Crippen LogP contribution >= 0.6 is 11.8 Å². The van der Waals surface area contributed by atoms with Crippen molar-refractivity contribution in [3.8, 4) is 0 Å². The first-order chi connectivity index (χ1) is 10.7. The van der Waals surface area contributed by atoms with E-state index in [1.54, 1.807) is 24.9 Å². The lowest BCUT2D eigenvalue weighted by molar-refractivity contribution is -0.117. The van der Waals surface area contributed by atoms with Gasteiger partial charge in [-0.3, -0.25) is 10.1 Å². The summed E-state index contributed by atoms with van der Waals surface area (Å²) >= 11 is 1.58. The molecule has 0 aliphatic carbocycles. The Balaban J connectivity index is 2.64. The smallest absolute Gasteiger partial charge is 0.242 e. The number of nitrogens with one attached hydrogen (secondary N) is 1. The van der Waals surface area contributed by atoms with Crippen molar-refractivity contribution in [3.63, 3.8) is 0 Å². The minimum Gasteiger partial charge on any atom is -0.382 e. The normalized spacial score (nSPS) is 12.4. The number of methoxy groups -OCH3 is 1. The van der Waals surface area contributed by atoms with Crippen molar-refractivity contribution in [2.24, 2.45) is 0 Å². The van der Waals surface area contributed by atoms with Gasteiger partial charge in [0, 0.05) is 18.6 Å². The van der Waals surface area contributed by atoms with Crippen molar-refractivity contribution in [3.05, 3.63) is 11.8 Å². The highest BCUT2D eigenvalue weighted by Crippen LogP contribution is 2.28. The number of carbonyl (C=O) groups is 1. The van der Waals surface area contributed by atoms with Crippen LogP contribution in [0.1, 0.15) is 40.3 Å². The zero-order valence-corrected chi connectivity index (χ0v) is 15.7. The van der Waals surface area contributed by atoms with Gasteiger partial charge in [0.2, 0.25) is 11.8 Å². The van der Waals surface area contributed by atoms with Crippen LogP contribution in [-0.2, 0) is 19.7 Å². The van der Waals surface area contributed by atoms with E-state index in [0.717, 1.165) is 11.4 Å². The van der Waals surface area contributed by atoms with Crippen molar-refractivity contribution in [1.82, 2.24) is 5.16 Å². The van der Waals surface area contributed by atoms with Crippen LogP contribution in [0.3, 0.4) is 0 Å². The maximum absolute atomic E-state index is 12.3. The first kappa shape index (κ1) is 20.0. The number of carbonyl (C=O) groups excluding carboxylic acids is 1. The van der Waals surface area contributed by atoms with E-state index in [0.29, 0.717) is 25.7 Å². The number of thioether (sulfide) groups is 1. The fourth-order valence-corrected chi connectivity index (χ4v) is 2.79. The van der Waals surface area contributed by atoms with E-state index in [-0.39, 0.29) is 11.3 Å². The Kier molecular flexibility index (Phi) is 7.57. The van der Waals surface area contributed by atoms with E-state index in [4.69, 9.17) is 14.0 Å². The van der Waals surface area contributed by atoms with Gasteiger partial charge >= 0.3 is 0 Å². The molecule has 0 aliphatic heterocycles. The van der Waals surface area contributed by atoms with E-state index in [2.05, 4.69) is 10.5 Å². The third-order valence-electron chi connectivity index (χ3n) is 3.39. The van der Waals surface area contributed by atoms with Crippen molar-refractivity contribution in [2.75, 3.05) is 38.0 Å². The summed E-state index contributed by atoms with van der Waals surface area (Å²) in [5.74, 6) is 1.13. The van der Waals surface area contributed by atoms with Gasteiger partial charge in [-0.05, 0) is 19.6 Å². The van der Waals surface area contributed by atoms with Crippen LogP contribution in [0, 0.1) is 0 Å². The second-order valence-electron chi connectivity index (χ2n) is 6.40. The first-order valence-electron chi connectivity index (χ1n) is 7.72. The van der Waals surface area contributed by atoms with Gasteiger partial charge in [0.1, 0.15) is 0 Å². The zero-order chi connectivity index (χ0) is 17.5. The molecular formula is C16H28N2O4S. The van der Waals surface area contributed by atoms with Gasteiger partial charge in [-0.25, -0.2) is 0 Å². The molecule has 0 aliphatic rings. The summed E-state index contributed by atoms with van der Waals surface area (Å²) in [5.41, 5.74) is 0.430. The summed E-state index contributed by atoms with van der Waals surface area (Å²) in [7, 11) is 1.64. The summed E-state index contributed by atoms with van der Waals surface area (Å²) < 4.78 is 15.3. The Bertz CT molecular complexity index is 500. The third kappa shape index (κ3) is 6.16. The zero-order valence-electron chi connectivity index (χ0n) is 14.9. The SMILES string of the molecule is CCSC(C)(C)C(=O)Nc1cc(C(C)(C)COCCOC)no1. The molecule has 1 aromatic rings. The maximum atomic E-state index is 12.3. The quantitative estimate of drug-likeness (QED) is 0.658. The molecule has 23 heavy (non-hydrogen) atoms. The molecule has 1 aromatic heterocycles. The number of anilines is 1. The molecule has 132 valence electrons. The van der Waals surface area contributed by atoms with Gasteiger partial charge < -0.3 is 14.0 Å². The molecule has 6 nitrogen and oxygen atoms in total. The van der Waals surface area contributed by atoms with Crippen molar-refractivity contribution in [2.45, 2.75) is 44.8 Å². The van der Waals surface area contributed by atoms with E-state index in [1.807, 2.05) is 34.6 Å². The average molecular weight is 344 g/mol. The van der Waals surface area contributed by atoms with Gasteiger partial charge in [0.15, 0.2) is 0 Å². The van der Waals surface area contributed by atoms with Crippen LogP contribution in [0.2, 0.25) is 0 Å². The summed E-state index contributed by atoms with van der Waals surface area (Å²) in [4.78, 5) is 12.3. The lowest BCUT2D eigenvalue weighted by Crippen LogP contribution is -2.34. The molecule has 0 unspecified atom stereocenters. The second kappa shape index (κ2) is 8.70. The molecule has 0 saturated carbocycles. The Morgan fingerprint density at radius 1 is 1.35 bits per heavy atom. The monoisotopic (exact) mass is 344 g/mol. The standard InChI is InChI=1S/C16H28N2O4S/c1-7-23-16(4,5)14(19)17-13-10-12(18-22-13)15(2,3)11-21-9-8-20-6/h10H,7-9,11H2,1-6H3,(H,17,19). The molecule has 0 spiro atoms. The largest absolute Gasteiger partial charge is 0.382 e. The molecule has 1 rings (SSSR count). The molecule has 0 bridgehead atoms. The van der Waals surface area contributed by atoms with Crippen molar-refractivity contribution < 1.29 is 18.8 Å². The molecule has 0 fully saturated rings. The number of nitrogens with zero attached hydrogens (tertiary/aromatic N) is 1. The molecule has 7 heteroatoms. The molecule has 0 aromatic carbocycles. The minimum absolute atomic E-state index is 0.0961. The predicted octanol–water partition coefficient (Wildman–Crippen LogP) is 3.09. The van der Waals surface area contributed by atoms with Crippen LogP contribution in [-0.4, -0.2) is 48.5 Å². The molecule has 1 N–H and O–H groups in total. The number of amides is 1. The highest BCUT2D eigenvalue weighted by molar-refractivity contribution is 8.01. The minimum atomic E-state index is -0.513. The van der Waals surface area contributed by atoms with E-state index in [9.17, 15) is 4.79 Å². The average Bonchev–Trinajstić information content (AvgIpc) is 2.93. The van der Waals surface area contributed by atoms with Crippen LogP contribution < -0.4 is 5.32 Å². The van der Waals surface area contributed by atoms with E-state index < -0.39 is 4.75 Å². The van der Waals surface area contributed by atoms with Gasteiger partial charge in [-0.2, -0.15) is 0 Å². The molecule has 1 heterocycles. The Morgan fingerprint density at radius 2 is 2.04 bits per heavy atom. The Labute approximate surface area is 142 Å². The highest BCUT2D eigenvalue weighted by Gasteiger charge is 2.30. The predicted molar refractivity (Wildman–Crippen MR) is 93.1 cm³/mol. The van der Waals surface area contributed by atoms with Gasteiger partial charge in [-0.1, -0.05) is 25.9 Å². The fraction of sp³-hybridized carbons (Fsp3) is 0.750. The van der Waals surface area contributed by atoms with Crippen molar-refractivity contribution >= 4 is 23.6 Å². The molecule has 0 radical (unpaired) electrons. The fourth-order valence-electron chi connectivity index (χ4n) is 1.89. The summed E-state index contributed by atoms with van der Waals surface area (Å²) in [5, 5.41) is 6.85. The number of ether oxygens (including phenoxy) is 2. The Hall–Kier alpha value is -1.05. The van der Waals surface area contributed by atoms with Gasteiger partial charge in [0.25, 0.3) is 0 Å². The topological polar surface area (TPSA) is 73.6 Å². The lowest BCUT2D eigenvalue weighted by Gasteiger charge is -2.21. The van der Waals surface area contributed by atoms with Crippen molar-refractivity contribution in [1.29, 1.82) is 0 Å². The first-order valence-corrected chi connectivity index (χ1v) is 8.71. The summed E-state index contributed by atoms with van der Waals surface area (Å²) in [6.45, 7) is 11.4. The van der Waals surface area contributed by atoms with Gasteiger partial charge in [0.05, 0.1) is 30.3 Å². The van der Waals surface area contributed by atoms with Gasteiger partial charge in [-0.15, -0.1) is 11.8 Å². The Morgan fingerprint density at radius 3 is 2.65 bits per heavy atom. The number of hydrogen-bond acceptors (Lipinski definition) is 6. The van der Waals surface area contributed by atoms with E-state index >= 15 is 0 Å². The molecule has 0 atom stereocenters. The number of aromatic nitrogens is 1. The van der Waals surface area contributed by atoms with Crippen LogP contribution in [0.5, 0.6) is 0 Å². The lowest BCUT2D eigenvalue weighted by atomic mass is 9.90. The summed E-state index contributed by atoms with van der Waals surface area (Å²) in [6, 6.07) is 1.75. The maximum Gasteiger partial charge on any atom is 0.242 e. The van der Waals surface area contributed by atoms with Crippen LogP contribution in [0.4, 0.5) is 5.88 Å². The molecule has 1 amide bonds. The second-order valence-corrected chi connectivity index (χ2v) is 8.29. The van der Waals surface area contributed by atoms with Crippen LogP contribution in [0.25, 0.3) is 0 Å². The summed E-state index contributed by atoms with van der Waals surface area (Å²) in [6.07, 6.45) is 0. The van der Waals surface area contributed by atoms with E-state index in [1.165, 1.54) is 0 Å². The number of rotatable bonds is 10.